The van der Waals surface area contributed by atoms with E-state index in [0.717, 1.165) is 37.2 Å². The molecule has 2 atom stereocenters. The summed E-state index contributed by atoms with van der Waals surface area (Å²) in [5.41, 5.74) is 8.12. The number of carbonyl (C=O) groups excluding carboxylic acids is 1. The minimum Gasteiger partial charge on any atom is -0.493 e. The summed E-state index contributed by atoms with van der Waals surface area (Å²) in [6, 6.07) is 6.91. The Morgan fingerprint density at radius 3 is 3.00 bits per heavy atom. The Kier molecular flexibility index (Phi) is 4.64. The number of benzene rings is 1. The summed E-state index contributed by atoms with van der Waals surface area (Å²) in [6.45, 7) is 2.02. The van der Waals surface area contributed by atoms with Crippen LogP contribution < -0.4 is 15.8 Å². The molecular formula is C17H25N3O2. The van der Waals surface area contributed by atoms with Gasteiger partial charge in [0.15, 0.2) is 0 Å². The van der Waals surface area contributed by atoms with Crippen LogP contribution in [0.25, 0.3) is 0 Å². The number of carbonyl (C=O) groups is 1. The van der Waals surface area contributed by atoms with Crippen molar-refractivity contribution >= 4 is 5.91 Å². The minimum atomic E-state index is 0.117. The monoisotopic (exact) mass is 303 g/mol. The van der Waals surface area contributed by atoms with Gasteiger partial charge in [-0.1, -0.05) is 12.1 Å². The van der Waals surface area contributed by atoms with Crippen LogP contribution in [-0.4, -0.2) is 43.1 Å². The van der Waals surface area contributed by atoms with Gasteiger partial charge in [0.25, 0.3) is 0 Å². The maximum atomic E-state index is 12.2. The summed E-state index contributed by atoms with van der Waals surface area (Å²) in [5, 5.41) is 3.03. The van der Waals surface area contributed by atoms with Gasteiger partial charge in [0.2, 0.25) is 5.91 Å². The average molecular weight is 303 g/mol. The van der Waals surface area contributed by atoms with Gasteiger partial charge in [0, 0.05) is 38.0 Å². The number of likely N-dealkylation sites (tertiary alicyclic amines) is 1. The van der Waals surface area contributed by atoms with Crippen molar-refractivity contribution in [2.45, 2.75) is 44.3 Å². The van der Waals surface area contributed by atoms with E-state index in [0.29, 0.717) is 31.6 Å². The molecule has 0 aliphatic carbocycles. The highest BCUT2D eigenvalue weighted by molar-refractivity contribution is 5.76. The third kappa shape index (κ3) is 3.25. The number of fused-ring (bicyclic) bond motifs is 1. The van der Waals surface area contributed by atoms with Gasteiger partial charge in [0.1, 0.15) is 5.75 Å². The standard InChI is InChI=1S/C17H25N3O2/c1-20-14(3-4-15(20)10-18)9-17(21)19-11-12-2-5-16-13(8-12)6-7-22-16/h2,5,8,14-15H,3-4,6-7,9-11,18H2,1H3,(H,19,21)/t14-,15+/m0/s1. The zero-order valence-electron chi connectivity index (χ0n) is 13.2. The predicted molar refractivity (Wildman–Crippen MR) is 85.7 cm³/mol. The Balaban J connectivity index is 1.48. The van der Waals surface area contributed by atoms with Crippen LogP contribution in [0.1, 0.15) is 30.4 Å². The van der Waals surface area contributed by atoms with Crippen molar-refractivity contribution in [1.82, 2.24) is 10.2 Å². The zero-order valence-corrected chi connectivity index (χ0v) is 13.2. The molecule has 0 bridgehead atoms. The van der Waals surface area contributed by atoms with Crippen molar-refractivity contribution in [3.63, 3.8) is 0 Å². The van der Waals surface area contributed by atoms with Gasteiger partial charge >= 0.3 is 0 Å². The van der Waals surface area contributed by atoms with E-state index in [1.165, 1.54) is 5.56 Å². The largest absolute Gasteiger partial charge is 0.493 e. The SMILES string of the molecule is CN1[C@@H](CN)CC[C@H]1CC(=O)NCc1ccc2c(c1)CCO2. The van der Waals surface area contributed by atoms with Gasteiger partial charge in [-0.05, 0) is 37.1 Å². The number of nitrogens with zero attached hydrogens (tertiary/aromatic N) is 1. The molecule has 0 saturated carbocycles. The van der Waals surface area contributed by atoms with Crippen LogP contribution in [0.5, 0.6) is 5.75 Å². The molecule has 2 aliphatic heterocycles. The Hall–Kier alpha value is -1.59. The van der Waals surface area contributed by atoms with Crippen molar-refractivity contribution in [1.29, 1.82) is 0 Å². The van der Waals surface area contributed by atoms with Gasteiger partial charge in [0.05, 0.1) is 6.61 Å². The molecule has 0 spiro atoms. The number of nitrogens with two attached hydrogens (primary N) is 1. The van der Waals surface area contributed by atoms with Crippen LogP contribution >= 0.6 is 0 Å². The van der Waals surface area contributed by atoms with E-state index in [1.807, 2.05) is 12.1 Å². The predicted octanol–water partition coefficient (Wildman–Crippen LogP) is 1.05. The van der Waals surface area contributed by atoms with E-state index in [1.54, 1.807) is 0 Å². The summed E-state index contributed by atoms with van der Waals surface area (Å²) in [6.07, 6.45) is 3.67. The van der Waals surface area contributed by atoms with Crippen molar-refractivity contribution in [2.24, 2.45) is 5.73 Å². The van der Waals surface area contributed by atoms with E-state index in [4.69, 9.17) is 10.5 Å². The number of rotatable bonds is 5. The third-order valence-electron chi connectivity index (χ3n) is 4.92. The summed E-state index contributed by atoms with van der Waals surface area (Å²) in [5.74, 6) is 1.10. The summed E-state index contributed by atoms with van der Waals surface area (Å²) >= 11 is 0. The van der Waals surface area contributed by atoms with Crippen LogP contribution in [0.2, 0.25) is 0 Å². The number of amides is 1. The second-order valence-corrected chi connectivity index (χ2v) is 6.31. The van der Waals surface area contributed by atoms with Crippen molar-refractivity contribution < 1.29 is 9.53 Å². The Labute approximate surface area is 131 Å². The number of nitrogens with one attached hydrogen (secondary N) is 1. The first-order chi connectivity index (χ1) is 10.7. The van der Waals surface area contributed by atoms with Crippen LogP contribution in [0, 0.1) is 0 Å². The molecular weight excluding hydrogens is 278 g/mol. The topological polar surface area (TPSA) is 67.6 Å². The molecule has 1 aromatic rings. The fourth-order valence-corrected chi connectivity index (χ4v) is 3.46. The molecule has 3 rings (SSSR count). The minimum absolute atomic E-state index is 0.117. The average Bonchev–Trinajstić information content (AvgIpc) is 3.12. The van der Waals surface area contributed by atoms with E-state index in [9.17, 15) is 4.79 Å². The van der Waals surface area contributed by atoms with Crippen LogP contribution in [-0.2, 0) is 17.8 Å². The van der Waals surface area contributed by atoms with Gasteiger partial charge < -0.3 is 15.8 Å². The number of hydrogen-bond donors (Lipinski definition) is 2. The molecule has 0 radical (unpaired) electrons. The van der Waals surface area contributed by atoms with Crippen molar-refractivity contribution in [2.75, 3.05) is 20.2 Å². The fourth-order valence-electron chi connectivity index (χ4n) is 3.46. The molecule has 22 heavy (non-hydrogen) atoms. The highest BCUT2D eigenvalue weighted by Gasteiger charge is 2.30. The highest BCUT2D eigenvalue weighted by atomic mass is 16.5. The molecule has 3 N–H and O–H groups in total. The maximum absolute atomic E-state index is 12.2. The Morgan fingerprint density at radius 1 is 1.41 bits per heavy atom. The van der Waals surface area contributed by atoms with Gasteiger partial charge in [-0.2, -0.15) is 0 Å². The smallest absolute Gasteiger partial charge is 0.221 e. The molecule has 0 unspecified atom stereocenters. The maximum Gasteiger partial charge on any atom is 0.221 e. The molecule has 2 aliphatic rings. The molecule has 120 valence electrons. The summed E-state index contributed by atoms with van der Waals surface area (Å²) in [7, 11) is 2.07. The molecule has 1 amide bonds. The molecule has 1 saturated heterocycles. The molecule has 1 aromatic carbocycles. The van der Waals surface area contributed by atoms with Crippen molar-refractivity contribution in [3.8, 4) is 5.75 Å². The number of likely N-dealkylation sites (N-methyl/N-ethyl adjacent to an activating group) is 1. The van der Waals surface area contributed by atoms with Crippen molar-refractivity contribution in [3.05, 3.63) is 29.3 Å². The van der Waals surface area contributed by atoms with E-state index >= 15 is 0 Å². The lowest BCUT2D eigenvalue weighted by molar-refractivity contribution is -0.122. The van der Waals surface area contributed by atoms with Gasteiger partial charge in [-0.25, -0.2) is 0 Å². The molecule has 2 heterocycles. The lowest BCUT2D eigenvalue weighted by Crippen LogP contribution is -2.39. The molecule has 5 heteroatoms. The lowest BCUT2D eigenvalue weighted by Gasteiger charge is -2.24. The first-order valence-electron chi connectivity index (χ1n) is 8.10. The van der Waals surface area contributed by atoms with Crippen LogP contribution in [0.4, 0.5) is 0 Å². The number of hydrogen-bond acceptors (Lipinski definition) is 4. The normalized spacial score (nSPS) is 24.1. The van der Waals surface area contributed by atoms with Gasteiger partial charge in [-0.3, -0.25) is 9.69 Å². The molecule has 5 nitrogen and oxygen atoms in total. The van der Waals surface area contributed by atoms with Crippen LogP contribution in [0.3, 0.4) is 0 Å². The fraction of sp³-hybridized carbons (Fsp3) is 0.588. The second kappa shape index (κ2) is 6.67. The summed E-state index contributed by atoms with van der Waals surface area (Å²) < 4.78 is 5.50. The first-order valence-corrected chi connectivity index (χ1v) is 8.10. The quantitative estimate of drug-likeness (QED) is 0.853. The molecule has 0 aromatic heterocycles. The third-order valence-corrected chi connectivity index (χ3v) is 4.92. The van der Waals surface area contributed by atoms with Gasteiger partial charge in [-0.15, -0.1) is 0 Å². The van der Waals surface area contributed by atoms with E-state index < -0.39 is 0 Å². The first kappa shape index (κ1) is 15.3. The van der Waals surface area contributed by atoms with E-state index in [2.05, 4.69) is 23.3 Å². The second-order valence-electron chi connectivity index (χ2n) is 6.31. The van der Waals surface area contributed by atoms with E-state index in [-0.39, 0.29) is 5.91 Å². The molecule has 1 fully saturated rings. The Bertz CT molecular complexity index is 547. The number of ether oxygens (including phenoxy) is 1. The van der Waals surface area contributed by atoms with Crippen LogP contribution in [0.15, 0.2) is 18.2 Å². The zero-order chi connectivity index (χ0) is 15.5. The lowest BCUT2D eigenvalue weighted by atomic mass is 10.1. The highest BCUT2D eigenvalue weighted by Crippen LogP contribution is 2.26. The summed E-state index contributed by atoms with van der Waals surface area (Å²) in [4.78, 5) is 14.4. The Morgan fingerprint density at radius 2 is 2.23 bits per heavy atom.